The van der Waals surface area contributed by atoms with Gasteiger partial charge in [-0.25, -0.2) is 0 Å². The molecular formula is C18H33IN4O2. The maximum Gasteiger partial charge on any atom is 0.191 e. The number of likely N-dealkylation sites (N-methyl/N-ethyl adjacent to an activating group) is 1. The summed E-state index contributed by atoms with van der Waals surface area (Å²) in [7, 11) is 1.73. The molecule has 1 aromatic rings. The Bertz CT molecular complexity index is 468. The van der Waals surface area contributed by atoms with Crippen molar-refractivity contribution in [3.8, 4) is 0 Å². The van der Waals surface area contributed by atoms with Crippen LogP contribution in [0.5, 0.6) is 0 Å². The normalized spacial score (nSPS) is 18.2. The fourth-order valence-electron chi connectivity index (χ4n) is 3.07. The highest BCUT2D eigenvalue weighted by Crippen LogP contribution is 2.16. The Kier molecular flexibility index (Phi) is 11.9. The Morgan fingerprint density at radius 1 is 1.40 bits per heavy atom. The number of methoxy groups -OCH3 is 1. The first-order valence-corrected chi connectivity index (χ1v) is 9.11. The summed E-state index contributed by atoms with van der Waals surface area (Å²) in [5.74, 6) is 1.88. The molecule has 1 unspecified atom stereocenters. The molecule has 0 amide bonds. The molecule has 25 heavy (non-hydrogen) atoms. The average Bonchev–Trinajstić information content (AvgIpc) is 3.27. The van der Waals surface area contributed by atoms with E-state index >= 15 is 0 Å². The number of halogens is 1. The number of furan rings is 1. The molecule has 0 aliphatic carbocycles. The quantitative estimate of drug-likeness (QED) is 0.241. The predicted octanol–water partition coefficient (Wildman–Crippen LogP) is 2.50. The van der Waals surface area contributed by atoms with Gasteiger partial charge in [-0.15, -0.1) is 24.0 Å². The van der Waals surface area contributed by atoms with Gasteiger partial charge in [-0.2, -0.15) is 0 Å². The standard InChI is InChI=1S/C18H32N4O2.HI/c1-3-22-12-4-7-16(22)15-21-18(19-10-6-13-23-2)20-11-9-17-8-5-14-24-17;/h5,8,14,16H,3-4,6-7,9-13,15H2,1-2H3,(H2,19,20,21);1H. The number of aliphatic imine (C=N–C) groups is 1. The minimum absolute atomic E-state index is 0. The van der Waals surface area contributed by atoms with Crippen LogP contribution in [-0.4, -0.2) is 63.3 Å². The number of nitrogens with one attached hydrogen (secondary N) is 2. The molecule has 7 heteroatoms. The number of guanidine groups is 1. The van der Waals surface area contributed by atoms with E-state index < -0.39 is 0 Å². The number of hydrogen-bond donors (Lipinski definition) is 2. The van der Waals surface area contributed by atoms with Crippen molar-refractivity contribution in [1.29, 1.82) is 0 Å². The minimum Gasteiger partial charge on any atom is -0.469 e. The van der Waals surface area contributed by atoms with Gasteiger partial charge in [-0.3, -0.25) is 9.89 Å². The van der Waals surface area contributed by atoms with E-state index in [1.54, 1.807) is 13.4 Å². The van der Waals surface area contributed by atoms with Gasteiger partial charge in [0.15, 0.2) is 5.96 Å². The Balaban J connectivity index is 0.00000312. The number of rotatable bonds is 10. The van der Waals surface area contributed by atoms with Crippen molar-refractivity contribution in [3.63, 3.8) is 0 Å². The van der Waals surface area contributed by atoms with Crippen LogP contribution in [0.25, 0.3) is 0 Å². The smallest absolute Gasteiger partial charge is 0.191 e. The molecule has 1 aliphatic rings. The van der Waals surface area contributed by atoms with Gasteiger partial charge in [-0.05, 0) is 44.5 Å². The highest BCUT2D eigenvalue weighted by molar-refractivity contribution is 14.0. The average molecular weight is 464 g/mol. The molecule has 0 aromatic carbocycles. The molecule has 0 spiro atoms. The zero-order chi connectivity index (χ0) is 17.0. The number of ether oxygens (including phenoxy) is 1. The first kappa shape index (κ1) is 22.2. The molecule has 2 heterocycles. The lowest BCUT2D eigenvalue weighted by atomic mass is 10.2. The van der Waals surface area contributed by atoms with Gasteiger partial charge >= 0.3 is 0 Å². The molecule has 1 aromatic heterocycles. The number of likely N-dealkylation sites (tertiary alicyclic amines) is 1. The second-order valence-electron chi connectivity index (χ2n) is 6.14. The van der Waals surface area contributed by atoms with Crippen LogP contribution in [0, 0.1) is 0 Å². The van der Waals surface area contributed by atoms with E-state index in [0.29, 0.717) is 6.04 Å². The van der Waals surface area contributed by atoms with Gasteiger partial charge in [0, 0.05) is 39.3 Å². The largest absolute Gasteiger partial charge is 0.469 e. The lowest BCUT2D eigenvalue weighted by Crippen LogP contribution is -2.40. The van der Waals surface area contributed by atoms with Crippen molar-refractivity contribution < 1.29 is 9.15 Å². The maximum absolute atomic E-state index is 5.37. The van der Waals surface area contributed by atoms with E-state index in [1.807, 2.05) is 12.1 Å². The van der Waals surface area contributed by atoms with Crippen LogP contribution >= 0.6 is 24.0 Å². The predicted molar refractivity (Wildman–Crippen MR) is 113 cm³/mol. The third kappa shape index (κ3) is 8.42. The molecular weight excluding hydrogens is 431 g/mol. The van der Waals surface area contributed by atoms with Crippen LogP contribution in [0.4, 0.5) is 0 Å². The van der Waals surface area contributed by atoms with E-state index in [2.05, 4.69) is 22.5 Å². The Hall–Kier alpha value is -0.800. The van der Waals surface area contributed by atoms with E-state index in [-0.39, 0.29) is 24.0 Å². The Morgan fingerprint density at radius 3 is 2.96 bits per heavy atom. The van der Waals surface area contributed by atoms with E-state index in [1.165, 1.54) is 19.4 Å². The zero-order valence-corrected chi connectivity index (χ0v) is 17.8. The van der Waals surface area contributed by atoms with Crippen molar-refractivity contribution in [1.82, 2.24) is 15.5 Å². The second kappa shape index (κ2) is 13.4. The molecule has 6 nitrogen and oxygen atoms in total. The molecule has 1 atom stereocenters. The Labute approximate surface area is 168 Å². The summed E-state index contributed by atoms with van der Waals surface area (Å²) >= 11 is 0. The van der Waals surface area contributed by atoms with Crippen LogP contribution < -0.4 is 10.6 Å². The second-order valence-corrected chi connectivity index (χ2v) is 6.14. The lowest BCUT2D eigenvalue weighted by molar-refractivity contribution is 0.195. The van der Waals surface area contributed by atoms with Crippen LogP contribution in [-0.2, 0) is 11.2 Å². The fraction of sp³-hybridized carbons (Fsp3) is 0.722. The van der Waals surface area contributed by atoms with Crippen LogP contribution in [0.15, 0.2) is 27.8 Å². The van der Waals surface area contributed by atoms with Gasteiger partial charge in [-0.1, -0.05) is 6.92 Å². The molecule has 1 aliphatic heterocycles. The van der Waals surface area contributed by atoms with Crippen molar-refractivity contribution in [3.05, 3.63) is 24.2 Å². The maximum atomic E-state index is 5.37. The van der Waals surface area contributed by atoms with Gasteiger partial charge in [0.1, 0.15) is 5.76 Å². The highest BCUT2D eigenvalue weighted by atomic mass is 127. The van der Waals surface area contributed by atoms with Crippen molar-refractivity contribution >= 4 is 29.9 Å². The van der Waals surface area contributed by atoms with E-state index in [9.17, 15) is 0 Å². The van der Waals surface area contributed by atoms with Crippen LogP contribution in [0.3, 0.4) is 0 Å². The van der Waals surface area contributed by atoms with Crippen molar-refractivity contribution in [2.45, 2.75) is 38.6 Å². The van der Waals surface area contributed by atoms with Crippen molar-refractivity contribution in [2.75, 3.05) is 46.4 Å². The highest BCUT2D eigenvalue weighted by Gasteiger charge is 2.22. The summed E-state index contributed by atoms with van der Waals surface area (Å²) in [6.07, 6.45) is 6.08. The van der Waals surface area contributed by atoms with E-state index in [0.717, 1.165) is 57.3 Å². The summed E-state index contributed by atoms with van der Waals surface area (Å²) < 4.78 is 10.5. The fourth-order valence-corrected chi connectivity index (χ4v) is 3.07. The van der Waals surface area contributed by atoms with Gasteiger partial charge in [0.25, 0.3) is 0 Å². The van der Waals surface area contributed by atoms with E-state index in [4.69, 9.17) is 14.1 Å². The molecule has 0 bridgehead atoms. The molecule has 2 rings (SSSR count). The van der Waals surface area contributed by atoms with Gasteiger partial charge in [0.05, 0.1) is 12.8 Å². The monoisotopic (exact) mass is 464 g/mol. The first-order chi connectivity index (χ1) is 11.8. The topological polar surface area (TPSA) is 62.0 Å². The summed E-state index contributed by atoms with van der Waals surface area (Å²) in [4.78, 5) is 7.32. The molecule has 2 N–H and O–H groups in total. The summed E-state index contributed by atoms with van der Waals surface area (Å²) in [6.45, 7) is 7.84. The van der Waals surface area contributed by atoms with Crippen LogP contribution in [0.2, 0.25) is 0 Å². The number of hydrogen-bond acceptors (Lipinski definition) is 4. The van der Waals surface area contributed by atoms with Gasteiger partial charge in [0.2, 0.25) is 0 Å². The lowest BCUT2D eigenvalue weighted by Gasteiger charge is -2.21. The zero-order valence-electron chi connectivity index (χ0n) is 15.5. The summed E-state index contributed by atoms with van der Waals surface area (Å²) in [5, 5.41) is 6.81. The molecule has 1 saturated heterocycles. The summed E-state index contributed by atoms with van der Waals surface area (Å²) in [6, 6.07) is 4.51. The summed E-state index contributed by atoms with van der Waals surface area (Å²) in [5.41, 5.74) is 0. The SMILES string of the molecule is CCN1CCCC1CN=C(NCCCOC)NCCc1ccco1.I. The number of nitrogens with zero attached hydrogens (tertiary/aromatic N) is 2. The third-order valence-corrected chi connectivity index (χ3v) is 4.43. The molecule has 0 radical (unpaired) electrons. The third-order valence-electron chi connectivity index (χ3n) is 4.43. The molecule has 144 valence electrons. The minimum atomic E-state index is 0. The first-order valence-electron chi connectivity index (χ1n) is 9.11. The molecule has 1 fully saturated rings. The molecule has 0 saturated carbocycles. The Morgan fingerprint density at radius 2 is 2.24 bits per heavy atom. The van der Waals surface area contributed by atoms with Crippen LogP contribution in [0.1, 0.15) is 31.9 Å². The van der Waals surface area contributed by atoms with Gasteiger partial charge < -0.3 is 19.8 Å². The van der Waals surface area contributed by atoms with Crippen molar-refractivity contribution in [2.24, 2.45) is 4.99 Å².